The molecule has 0 spiro atoms. The van der Waals surface area contributed by atoms with Crippen molar-refractivity contribution in [3.63, 3.8) is 0 Å². The van der Waals surface area contributed by atoms with Crippen LogP contribution in [0.25, 0.3) is 22.1 Å². The van der Waals surface area contributed by atoms with Crippen molar-refractivity contribution < 1.29 is 13.9 Å². The molecule has 0 N–H and O–H groups in total. The van der Waals surface area contributed by atoms with Gasteiger partial charge < -0.3 is 9.15 Å². The molecule has 0 radical (unpaired) electrons. The van der Waals surface area contributed by atoms with Crippen LogP contribution in [0.3, 0.4) is 0 Å². The Hall–Kier alpha value is -3.07. The van der Waals surface area contributed by atoms with E-state index in [1.54, 1.807) is 13.2 Å². The van der Waals surface area contributed by atoms with Crippen LogP contribution in [0.1, 0.15) is 21.7 Å². The maximum Gasteiger partial charge on any atom is 0.228 e. The molecule has 2 aromatic rings. The molecule has 0 atom stereocenters. The third kappa shape index (κ3) is 2.17. The molecule has 0 unspecified atom stereocenters. The van der Waals surface area contributed by atoms with E-state index in [4.69, 9.17) is 9.15 Å². The monoisotopic (exact) mass is 316 g/mol. The molecule has 1 aromatic heterocycles. The largest absolute Gasteiger partial charge is 0.493 e. The van der Waals surface area contributed by atoms with Crippen molar-refractivity contribution in [3.05, 3.63) is 77.6 Å². The van der Waals surface area contributed by atoms with Gasteiger partial charge in [0.1, 0.15) is 0 Å². The number of methoxy groups -OCH3 is 1. The van der Waals surface area contributed by atoms with Gasteiger partial charge in [-0.25, -0.2) is 0 Å². The third-order valence-corrected chi connectivity index (χ3v) is 4.31. The van der Waals surface area contributed by atoms with Gasteiger partial charge in [0.2, 0.25) is 5.78 Å². The maximum atomic E-state index is 13.0. The van der Waals surface area contributed by atoms with Crippen molar-refractivity contribution in [3.8, 4) is 16.9 Å². The normalized spacial score (nSPS) is 11.1. The summed E-state index contributed by atoms with van der Waals surface area (Å²) in [6.45, 7) is 2.01. The Balaban J connectivity index is 1.86. The van der Waals surface area contributed by atoms with Gasteiger partial charge in [0.25, 0.3) is 0 Å². The van der Waals surface area contributed by atoms with E-state index in [0.29, 0.717) is 22.7 Å². The lowest BCUT2D eigenvalue weighted by Gasteiger charge is -2.00. The van der Waals surface area contributed by atoms with Crippen molar-refractivity contribution in [2.75, 3.05) is 7.11 Å². The summed E-state index contributed by atoms with van der Waals surface area (Å²) >= 11 is 0. The highest BCUT2D eigenvalue weighted by Crippen LogP contribution is 2.35. The molecule has 1 aromatic carbocycles. The first-order valence-corrected chi connectivity index (χ1v) is 7.78. The minimum Gasteiger partial charge on any atom is -0.493 e. The van der Waals surface area contributed by atoms with E-state index >= 15 is 0 Å². The van der Waals surface area contributed by atoms with Gasteiger partial charge in [-0.2, -0.15) is 0 Å². The number of carbonyl (C=O) groups excluding carboxylic acids is 1. The Bertz CT molecular complexity index is 1030. The van der Waals surface area contributed by atoms with E-state index in [9.17, 15) is 4.79 Å². The van der Waals surface area contributed by atoms with Crippen LogP contribution in [0.5, 0.6) is 5.75 Å². The molecule has 2 aliphatic rings. The van der Waals surface area contributed by atoms with Gasteiger partial charge in [-0.05, 0) is 41.8 Å². The number of rotatable bonds is 3. The number of benzene rings is 1. The van der Waals surface area contributed by atoms with Crippen molar-refractivity contribution in [2.24, 2.45) is 0 Å². The molecule has 2 aliphatic carbocycles. The summed E-state index contributed by atoms with van der Waals surface area (Å²) in [5, 5.41) is 0.857. The molecule has 24 heavy (non-hydrogen) atoms. The predicted octanol–water partition coefficient (Wildman–Crippen LogP) is 5.09. The van der Waals surface area contributed by atoms with Crippen LogP contribution in [0.15, 0.2) is 65.1 Å². The van der Waals surface area contributed by atoms with Crippen LogP contribution in [0.2, 0.25) is 0 Å². The summed E-state index contributed by atoms with van der Waals surface area (Å²) in [6.07, 6.45) is 0. The second kappa shape index (κ2) is 5.53. The highest BCUT2D eigenvalue weighted by molar-refractivity contribution is 6.14. The lowest BCUT2D eigenvalue weighted by Crippen LogP contribution is -1.98. The second-order valence-electron chi connectivity index (χ2n) is 5.80. The fourth-order valence-electron chi connectivity index (χ4n) is 3.13. The molecule has 0 saturated carbocycles. The van der Waals surface area contributed by atoms with E-state index in [0.717, 1.165) is 22.1 Å². The fraction of sp³-hybridized carbons (Fsp3) is 0.0952. The van der Waals surface area contributed by atoms with Crippen LogP contribution < -0.4 is 4.74 Å². The Morgan fingerprint density at radius 3 is 2.54 bits per heavy atom. The second-order valence-corrected chi connectivity index (χ2v) is 5.80. The Kier molecular flexibility index (Phi) is 3.35. The van der Waals surface area contributed by atoms with E-state index in [-0.39, 0.29) is 5.78 Å². The van der Waals surface area contributed by atoms with E-state index < -0.39 is 0 Å². The highest BCUT2D eigenvalue weighted by Gasteiger charge is 2.22. The first-order chi connectivity index (χ1) is 11.7. The number of furan rings is 1. The quantitative estimate of drug-likeness (QED) is 0.494. The Morgan fingerprint density at radius 2 is 1.75 bits per heavy atom. The number of hydrogen-bond acceptors (Lipinski definition) is 3. The van der Waals surface area contributed by atoms with E-state index in [1.165, 1.54) is 0 Å². The van der Waals surface area contributed by atoms with Crippen molar-refractivity contribution in [1.29, 1.82) is 0 Å². The zero-order chi connectivity index (χ0) is 16.7. The number of ether oxygens (including phenoxy) is 1. The molecule has 0 fully saturated rings. The number of fused-ring (bicyclic) bond motifs is 2. The van der Waals surface area contributed by atoms with Gasteiger partial charge in [0, 0.05) is 10.9 Å². The molecule has 0 saturated heterocycles. The van der Waals surface area contributed by atoms with Crippen molar-refractivity contribution >= 4 is 16.8 Å². The van der Waals surface area contributed by atoms with Crippen LogP contribution in [-0.4, -0.2) is 12.9 Å². The fourth-order valence-corrected chi connectivity index (χ4v) is 3.13. The van der Waals surface area contributed by atoms with Crippen molar-refractivity contribution in [2.45, 2.75) is 6.92 Å². The molecular formula is C21H16O3. The first kappa shape index (κ1) is 14.5. The van der Waals surface area contributed by atoms with Gasteiger partial charge in [0.05, 0.1) is 7.11 Å². The average molecular weight is 316 g/mol. The lowest BCUT2D eigenvalue weighted by atomic mass is 10.0. The van der Waals surface area contributed by atoms with Gasteiger partial charge in [0.15, 0.2) is 17.1 Å². The molecule has 0 aliphatic heterocycles. The summed E-state index contributed by atoms with van der Waals surface area (Å²) in [6, 6.07) is 19.2. The molecule has 4 rings (SSSR count). The molecule has 3 nitrogen and oxygen atoms in total. The van der Waals surface area contributed by atoms with Crippen LogP contribution in [-0.2, 0) is 0 Å². The standard InChI is InChI=1S/C21H16O3/c1-13-11-17(16-9-5-3-4-8-15(13)16)20(22)19-12-14-7-6-10-18(23-2)21(14)24-19/h3-12H,1-2H3. The minimum absolute atomic E-state index is 0.113. The minimum atomic E-state index is -0.113. The molecule has 1 heterocycles. The predicted molar refractivity (Wildman–Crippen MR) is 94.0 cm³/mol. The third-order valence-electron chi connectivity index (χ3n) is 4.31. The Labute approximate surface area is 139 Å². The van der Waals surface area contributed by atoms with Gasteiger partial charge in [-0.15, -0.1) is 0 Å². The van der Waals surface area contributed by atoms with Gasteiger partial charge in [-0.3, -0.25) is 4.79 Å². The van der Waals surface area contributed by atoms with Gasteiger partial charge >= 0.3 is 0 Å². The Morgan fingerprint density at radius 1 is 0.958 bits per heavy atom. The molecular weight excluding hydrogens is 300 g/mol. The number of ketones is 1. The lowest BCUT2D eigenvalue weighted by molar-refractivity contribution is 0.101. The smallest absolute Gasteiger partial charge is 0.228 e. The van der Waals surface area contributed by atoms with Crippen LogP contribution in [0, 0.1) is 6.92 Å². The SMILES string of the molecule is COc1cccc2cc(C(=O)c3cc(C)c4cccccc3-4)oc12. The van der Waals surface area contributed by atoms with Gasteiger partial charge in [-0.1, -0.05) is 42.5 Å². The zero-order valence-electron chi connectivity index (χ0n) is 13.5. The van der Waals surface area contributed by atoms with Crippen LogP contribution >= 0.6 is 0 Å². The summed E-state index contributed by atoms with van der Waals surface area (Å²) < 4.78 is 11.1. The van der Waals surface area contributed by atoms with Crippen LogP contribution in [0.4, 0.5) is 0 Å². The average Bonchev–Trinajstić information content (AvgIpc) is 3.06. The first-order valence-electron chi connectivity index (χ1n) is 7.78. The summed E-state index contributed by atoms with van der Waals surface area (Å²) in [7, 11) is 1.59. The van der Waals surface area contributed by atoms with E-state index in [1.807, 2.05) is 61.5 Å². The number of hydrogen-bond donors (Lipinski definition) is 0. The topological polar surface area (TPSA) is 39.4 Å². The van der Waals surface area contributed by atoms with Crippen molar-refractivity contribution in [1.82, 2.24) is 0 Å². The zero-order valence-corrected chi connectivity index (χ0v) is 13.5. The number of aryl methyl sites for hydroxylation is 1. The van der Waals surface area contributed by atoms with E-state index in [2.05, 4.69) is 0 Å². The summed E-state index contributed by atoms with van der Waals surface area (Å²) in [5.74, 6) is 0.840. The highest BCUT2D eigenvalue weighted by atomic mass is 16.5. The molecule has 0 amide bonds. The molecule has 0 bridgehead atoms. The summed E-state index contributed by atoms with van der Waals surface area (Å²) in [4.78, 5) is 13.0. The number of para-hydroxylation sites is 1. The molecule has 3 heteroatoms. The molecule has 118 valence electrons. The summed E-state index contributed by atoms with van der Waals surface area (Å²) in [5.41, 5.74) is 4.36. The maximum absolute atomic E-state index is 13.0. The number of carbonyl (C=O) groups is 1.